The van der Waals surface area contributed by atoms with Gasteiger partial charge < -0.3 is 5.32 Å². The van der Waals surface area contributed by atoms with E-state index in [0.29, 0.717) is 6.04 Å². The summed E-state index contributed by atoms with van der Waals surface area (Å²) in [6.45, 7) is 3.34. The lowest BCUT2D eigenvalue weighted by Gasteiger charge is -2.18. The molecule has 1 unspecified atom stereocenters. The molecule has 0 saturated heterocycles. The number of benzene rings is 1. The minimum Gasteiger partial charge on any atom is -0.310 e. The molecule has 0 fully saturated rings. The van der Waals surface area contributed by atoms with E-state index >= 15 is 0 Å². The number of hydrogen-bond donors (Lipinski definition) is 1. The predicted molar refractivity (Wildman–Crippen MR) is 81.7 cm³/mol. The van der Waals surface area contributed by atoms with E-state index in [-0.39, 0.29) is 0 Å². The average molecular weight is 308 g/mol. The van der Waals surface area contributed by atoms with E-state index in [4.69, 9.17) is 0 Å². The molecule has 1 aromatic rings. The predicted octanol–water partition coefficient (Wildman–Crippen LogP) is 4.99. The second-order valence-corrected chi connectivity index (χ2v) is 5.89. The third-order valence-electron chi connectivity index (χ3n) is 3.63. The van der Waals surface area contributed by atoms with Gasteiger partial charge in [0, 0.05) is 10.5 Å². The first-order valence-electron chi connectivity index (χ1n) is 6.96. The lowest BCUT2D eigenvalue weighted by molar-refractivity contribution is 0.520. The molecule has 1 aliphatic carbocycles. The minimum absolute atomic E-state index is 0.476. The van der Waals surface area contributed by atoms with Gasteiger partial charge in [0.05, 0.1) is 0 Å². The Balaban J connectivity index is 1.85. The molecule has 2 rings (SSSR count). The molecular weight excluding hydrogens is 286 g/mol. The van der Waals surface area contributed by atoms with Gasteiger partial charge in [-0.15, -0.1) is 0 Å². The van der Waals surface area contributed by atoms with Gasteiger partial charge in [0.15, 0.2) is 0 Å². The number of hydrogen-bond acceptors (Lipinski definition) is 1. The van der Waals surface area contributed by atoms with Gasteiger partial charge in [-0.25, -0.2) is 0 Å². The number of rotatable bonds is 6. The Morgan fingerprint density at radius 1 is 1.39 bits per heavy atom. The van der Waals surface area contributed by atoms with Crippen LogP contribution in [0, 0.1) is 0 Å². The molecule has 0 heterocycles. The van der Waals surface area contributed by atoms with Crippen LogP contribution in [0.5, 0.6) is 0 Å². The van der Waals surface area contributed by atoms with Crippen LogP contribution in [0.15, 0.2) is 40.4 Å². The first-order valence-corrected chi connectivity index (χ1v) is 7.75. The summed E-state index contributed by atoms with van der Waals surface area (Å²) in [6.07, 6.45) is 8.73. The van der Waals surface area contributed by atoms with Crippen molar-refractivity contribution < 1.29 is 0 Å². The fourth-order valence-corrected chi connectivity index (χ4v) is 3.01. The van der Waals surface area contributed by atoms with E-state index in [2.05, 4.69) is 58.5 Å². The van der Waals surface area contributed by atoms with Gasteiger partial charge in [-0.3, -0.25) is 0 Å². The van der Waals surface area contributed by atoms with E-state index in [1.807, 2.05) is 0 Å². The Kier molecular flexibility index (Phi) is 5.45. The molecule has 0 aliphatic heterocycles. The average Bonchev–Trinajstić information content (AvgIpc) is 2.88. The molecule has 0 radical (unpaired) electrons. The summed E-state index contributed by atoms with van der Waals surface area (Å²) in [5.41, 5.74) is 3.03. The van der Waals surface area contributed by atoms with E-state index in [1.54, 1.807) is 5.57 Å². The third kappa shape index (κ3) is 3.96. The molecule has 1 atom stereocenters. The largest absolute Gasteiger partial charge is 0.310 e. The molecule has 1 aromatic carbocycles. The maximum atomic E-state index is 3.68. The Hall–Kier alpha value is -0.600. The molecule has 2 heteroatoms. The van der Waals surface area contributed by atoms with Crippen LogP contribution < -0.4 is 5.32 Å². The van der Waals surface area contributed by atoms with Gasteiger partial charge in [-0.1, -0.05) is 46.6 Å². The summed E-state index contributed by atoms with van der Waals surface area (Å²) < 4.78 is 1.17. The minimum atomic E-state index is 0.476. The van der Waals surface area contributed by atoms with E-state index in [1.165, 1.54) is 35.7 Å². The van der Waals surface area contributed by atoms with Crippen LogP contribution in [0.1, 0.15) is 50.6 Å². The van der Waals surface area contributed by atoms with Gasteiger partial charge in [0.1, 0.15) is 0 Å². The zero-order chi connectivity index (χ0) is 12.8. The standard InChI is InChI=1S/C16H22BrN/c1-2-16(14-8-5-9-15(17)12-14)18-11-10-13-6-3-4-7-13/h5-6,8-9,12,16,18H,2-4,7,10-11H2,1H3. The fraction of sp³-hybridized carbons (Fsp3) is 0.500. The van der Waals surface area contributed by atoms with Gasteiger partial charge in [-0.05, 0) is 56.3 Å². The molecule has 0 bridgehead atoms. The lowest BCUT2D eigenvalue weighted by Crippen LogP contribution is -2.22. The van der Waals surface area contributed by atoms with Crippen molar-refractivity contribution in [3.8, 4) is 0 Å². The zero-order valence-corrected chi connectivity index (χ0v) is 12.7. The number of halogens is 1. The Labute approximate surface area is 119 Å². The van der Waals surface area contributed by atoms with Crippen LogP contribution in [-0.4, -0.2) is 6.54 Å². The van der Waals surface area contributed by atoms with E-state index < -0.39 is 0 Å². The van der Waals surface area contributed by atoms with Crippen molar-refractivity contribution in [2.24, 2.45) is 0 Å². The molecule has 98 valence electrons. The van der Waals surface area contributed by atoms with Crippen molar-refractivity contribution >= 4 is 15.9 Å². The van der Waals surface area contributed by atoms with Crippen LogP contribution in [-0.2, 0) is 0 Å². The van der Waals surface area contributed by atoms with Crippen molar-refractivity contribution in [3.63, 3.8) is 0 Å². The summed E-state index contributed by atoms with van der Waals surface area (Å²) in [7, 11) is 0. The summed E-state index contributed by atoms with van der Waals surface area (Å²) in [6, 6.07) is 9.10. The molecular formula is C16H22BrN. The first-order chi connectivity index (χ1) is 8.79. The van der Waals surface area contributed by atoms with E-state index in [9.17, 15) is 0 Å². The first kappa shape index (κ1) is 13.8. The highest BCUT2D eigenvalue weighted by molar-refractivity contribution is 9.10. The summed E-state index contributed by atoms with van der Waals surface area (Å²) >= 11 is 3.54. The highest BCUT2D eigenvalue weighted by Crippen LogP contribution is 2.22. The van der Waals surface area contributed by atoms with Crippen molar-refractivity contribution in [2.45, 2.75) is 45.1 Å². The van der Waals surface area contributed by atoms with Crippen LogP contribution in [0.25, 0.3) is 0 Å². The van der Waals surface area contributed by atoms with Crippen LogP contribution in [0.2, 0.25) is 0 Å². The maximum absolute atomic E-state index is 3.68. The molecule has 18 heavy (non-hydrogen) atoms. The molecule has 0 aromatic heterocycles. The molecule has 0 spiro atoms. The van der Waals surface area contributed by atoms with Crippen molar-refractivity contribution in [1.29, 1.82) is 0 Å². The fourth-order valence-electron chi connectivity index (χ4n) is 2.59. The normalized spacial score (nSPS) is 16.7. The summed E-state index contributed by atoms with van der Waals surface area (Å²) in [4.78, 5) is 0. The SMILES string of the molecule is CCC(NCCC1=CCCC1)c1cccc(Br)c1. The van der Waals surface area contributed by atoms with Crippen LogP contribution >= 0.6 is 15.9 Å². The molecule has 0 saturated carbocycles. The Morgan fingerprint density at radius 2 is 2.28 bits per heavy atom. The van der Waals surface area contributed by atoms with Gasteiger partial charge >= 0.3 is 0 Å². The van der Waals surface area contributed by atoms with Crippen molar-refractivity contribution in [3.05, 3.63) is 46.0 Å². The maximum Gasteiger partial charge on any atom is 0.0318 e. The molecule has 1 N–H and O–H groups in total. The highest BCUT2D eigenvalue weighted by atomic mass is 79.9. The van der Waals surface area contributed by atoms with E-state index in [0.717, 1.165) is 13.0 Å². The molecule has 0 amide bonds. The lowest BCUT2D eigenvalue weighted by atomic mass is 10.0. The van der Waals surface area contributed by atoms with Gasteiger partial charge in [-0.2, -0.15) is 0 Å². The second-order valence-electron chi connectivity index (χ2n) is 4.97. The highest BCUT2D eigenvalue weighted by Gasteiger charge is 2.10. The monoisotopic (exact) mass is 307 g/mol. The van der Waals surface area contributed by atoms with Crippen molar-refractivity contribution in [2.75, 3.05) is 6.54 Å². The summed E-state index contributed by atoms with van der Waals surface area (Å²) in [5.74, 6) is 0. The number of nitrogens with one attached hydrogen (secondary N) is 1. The molecule has 1 aliphatic rings. The number of allylic oxidation sites excluding steroid dienone is 1. The van der Waals surface area contributed by atoms with Gasteiger partial charge in [0.2, 0.25) is 0 Å². The smallest absolute Gasteiger partial charge is 0.0318 e. The molecule has 1 nitrogen and oxygen atoms in total. The zero-order valence-electron chi connectivity index (χ0n) is 11.1. The second kappa shape index (κ2) is 7.10. The quantitative estimate of drug-likeness (QED) is 0.730. The Morgan fingerprint density at radius 3 is 2.94 bits per heavy atom. The van der Waals surface area contributed by atoms with Crippen LogP contribution in [0.3, 0.4) is 0 Å². The summed E-state index contributed by atoms with van der Waals surface area (Å²) in [5, 5.41) is 3.68. The topological polar surface area (TPSA) is 12.0 Å². The van der Waals surface area contributed by atoms with Crippen LogP contribution in [0.4, 0.5) is 0 Å². The Bertz CT molecular complexity index is 411. The third-order valence-corrected chi connectivity index (χ3v) is 4.12. The van der Waals surface area contributed by atoms with Gasteiger partial charge in [0.25, 0.3) is 0 Å². The van der Waals surface area contributed by atoms with Crippen molar-refractivity contribution in [1.82, 2.24) is 5.32 Å².